The van der Waals surface area contributed by atoms with E-state index in [0.717, 1.165) is 38.2 Å². The minimum atomic E-state index is -0.141. The Morgan fingerprint density at radius 2 is 1.79 bits per heavy atom. The predicted octanol–water partition coefficient (Wildman–Crippen LogP) is 4.93. The van der Waals surface area contributed by atoms with Crippen molar-refractivity contribution in [1.82, 2.24) is 10.2 Å². The average Bonchev–Trinajstić information content (AvgIpc) is 2.72. The number of benzene rings is 2. The van der Waals surface area contributed by atoms with Gasteiger partial charge in [-0.3, -0.25) is 4.79 Å². The van der Waals surface area contributed by atoms with Crippen LogP contribution in [-0.4, -0.2) is 50.2 Å². The summed E-state index contributed by atoms with van der Waals surface area (Å²) in [5.74, 6) is 1.09. The molecule has 2 aromatic rings. The van der Waals surface area contributed by atoms with Crippen LogP contribution in [0.2, 0.25) is 15.1 Å². The number of likely N-dealkylation sites (tertiary alicyclic amines) is 1. The normalized spacial score (nSPS) is 15.2. The minimum Gasteiger partial charge on any atom is -0.495 e. The van der Waals surface area contributed by atoms with Crippen molar-refractivity contribution in [3.05, 3.63) is 57.0 Å². The highest BCUT2D eigenvalue weighted by Crippen LogP contribution is 2.28. The van der Waals surface area contributed by atoms with E-state index in [2.05, 4.69) is 10.2 Å². The quantitative estimate of drug-likeness (QED) is 0.640. The number of rotatable bonds is 7. The molecule has 0 saturated carbocycles. The Morgan fingerprint density at radius 1 is 1.07 bits per heavy atom. The molecule has 0 bridgehead atoms. The van der Waals surface area contributed by atoms with Gasteiger partial charge in [-0.2, -0.15) is 0 Å². The Hall–Kier alpha value is -1.66. The monoisotopic (exact) mass is 456 g/mol. The van der Waals surface area contributed by atoms with Crippen molar-refractivity contribution in [3.8, 4) is 11.5 Å². The van der Waals surface area contributed by atoms with Crippen molar-refractivity contribution >= 4 is 40.7 Å². The molecule has 1 heterocycles. The summed E-state index contributed by atoms with van der Waals surface area (Å²) >= 11 is 18.0. The van der Waals surface area contributed by atoms with Crippen molar-refractivity contribution in [1.29, 1.82) is 0 Å². The molecule has 1 amide bonds. The Kier molecular flexibility index (Phi) is 7.90. The number of amides is 1. The zero-order chi connectivity index (χ0) is 20.8. The standard InChI is InChI=1S/C21H23Cl3N2O3/c1-28-20-12-14(2-4-18(20)23)21(27)25-8-11-26-9-6-15(7-10-26)29-16-3-5-17(22)19(24)13-16/h2-5,12-13,15H,6-11H2,1H3,(H,25,27). The molecule has 29 heavy (non-hydrogen) atoms. The predicted molar refractivity (Wildman–Crippen MR) is 117 cm³/mol. The lowest BCUT2D eigenvalue weighted by Crippen LogP contribution is -2.42. The number of methoxy groups -OCH3 is 1. The minimum absolute atomic E-state index is 0.141. The van der Waals surface area contributed by atoms with Gasteiger partial charge in [0.15, 0.2) is 0 Å². The summed E-state index contributed by atoms with van der Waals surface area (Å²) in [4.78, 5) is 14.6. The zero-order valence-electron chi connectivity index (χ0n) is 16.1. The number of piperidine rings is 1. The topological polar surface area (TPSA) is 50.8 Å². The van der Waals surface area contributed by atoms with Gasteiger partial charge >= 0.3 is 0 Å². The van der Waals surface area contributed by atoms with Crippen LogP contribution < -0.4 is 14.8 Å². The third kappa shape index (κ3) is 6.16. The lowest BCUT2D eigenvalue weighted by Gasteiger charge is -2.32. The number of carbonyl (C=O) groups is 1. The molecule has 1 aliphatic rings. The largest absolute Gasteiger partial charge is 0.495 e. The highest BCUT2D eigenvalue weighted by molar-refractivity contribution is 6.42. The smallest absolute Gasteiger partial charge is 0.251 e. The van der Waals surface area contributed by atoms with Crippen molar-refractivity contribution in [2.45, 2.75) is 18.9 Å². The van der Waals surface area contributed by atoms with Crippen LogP contribution in [0, 0.1) is 0 Å². The molecule has 0 aromatic heterocycles. The first-order valence-corrected chi connectivity index (χ1v) is 10.6. The molecule has 2 aromatic carbocycles. The van der Waals surface area contributed by atoms with Gasteiger partial charge in [-0.1, -0.05) is 34.8 Å². The van der Waals surface area contributed by atoms with Gasteiger partial charge in [0.05, 0.1) is 22.2 Å². The van der Waals surface area contributed by atoms with E-state index >= 15 is 0 Å². The van der Waals surface area contributed by atoms with E-state index < -0.39 is 0 Å². The van der Waals surface area contributed by atoms with E-state index in [1.54, 1.807) is 30.3 Å². The molecule has 8 heteroatoms. The van der Waals surface area contributed by atoms with Crippen LogP contribution in [0.1, 0.15) is 23.2 Å². The lowest BCUT2D eigenvalue weighted by atomic mass is 10.1. The molecule has 1 fully saturated rings. The van der Waals surface area contributed by atoms with Gasteiger partial charge < -0.3 is 19.7 Å². The Morgan fingerprint density at radius 3 is 2.48 bits per heavy atom. The molecule has 0 atom stereocenters. The van der Waals surface area contributed by atoms with Gasteiger partial charge in [0, 0.05) is 37.8 Å². The maximum atomic E-state index is 12.3. The summed E-state index contributed by atoms with van der Waals surface area (Å²) in [7, 11) is 1.53. The maximum Gasteiger partial charge on any atom is 0.251 e. The molecule has 0 radical (unpaired) electrons. The number of hydrogen-bond acceptors (Lipinski definition) is 4. The fourth-order valence-corrected chi connectivity index (χ4v) is 3.71. The molecule has 0 unspecified atom stereocenters. The van der Waals surface area contributed by atoms with Crippen LogP contribution >= 0.6 is 34.8 Å². The van der Waals surface area contributed by atoms with Gasteiger partial charge in [-0.15, -0.1) is 0 Å². The van der Waals surface area contributed by atoms with E-state index in [0.29, 0.717) is 32.9 Å². The van der Waals surface area contributed by atoms with Gasteiger partial charge in [0.2, 0.25) is 0 Å². The van der Waals surface area contributed by atoms with E-state index in [1.807, 2.05) is 6.07 Å². The van der Waals surface area contributed by atoms with Gasteiger partial charge in [0.1, 0.15) is 17.6 Å². The van der Waals surface area contributed by atoms with Crippen LogP contribution in [-0.2, 0) is 0 Å². The highest BCUT2D eigenvalue weighted by atomic mass is 35.5. The van der Waals surface area contributed by atoms with Crippen molar-refractivity contribution in [2.75, 3.05) is 33.3 Å². The first-order valence-electron chi connectivity index (χ1n) is 9.42. The zero-order valence-corrected chi connectivity index (χ0v) is 18.4. The molecule has 1 N–H and O–H groups in total. The molecule has 5 nitrogen and oxygen atoms in total. The van der Waals surface area contributed by atoms with E-state index in [-0.39, 0.29) is 12.0 Å². The summed E-state index contributed by atoms with van der Waals surface area (Å²) < 4.78 is 11.2. The number of carbonyl (C=O) groups excluding carboxylic acids is 1. The second-order valence-corrected chi connectivity index (χ2v) is 8.06. The first-order chi connectivity index (χ1) is 14.0. The van der Waals surface area contributed by atoms with Gasteiger partial charge in [-0.25, -0.2) is 0 Å². The molecule has 1 aliphatic heterocycles. The van der Waals surface area contributed by atoms with Crippen LogP contribution in [0.3, 0.4) is 0 Å². The molecule has 156 valence electrons. The van der Waals surface area contributed by atoms with E-state index in [1.165, 1.54) is 7.11 Å². The molecule has 1 saturated heterocycles. The number of ether oxygens (including phenoxy) is 2. The average molecular weight is 458 g/mol. The summed E-state index contributed by atoms with van der Waals surface area (Å²) in [5.41, 5.74) is 0.528. The van der Waals surface area contributed by atoms with Gasteiger partial charge in [-0.05, 0) is 43.2 Å². The summed E-state index contributed by atoms with van der Waals surface area (Å²) in [6.45, 7) is 3.19. The first kappa shape index (κ1) is 22.0. The summed E-state index contributed by atoms with van der Waals surface area (Å²) in [6, 6.07) is 10.3. The highest BCUT2D eigenvalue weighted by Gasteiger charge is 2.20. The summed E-state index contributed by atoms with van der Waals surface area (Å²) in [5, 5.41) is 4.44. The number of hydrogen-bond donors (Lipinski definition) is 1. The molecular weight excluding hydrogens is 435 g/mol. The van der Waals surface area contributed by atoms with E-state index in [4.69, 9.17) is 44.3 Å². The molecule has 0 spiro atoms. The van der Waals surface area contributed by atoms with E-state index in [9.17, 15) is 4.79 Å². The fraction of sp³-hybridized carbons (Fsp3) is 0.381. The molecule has 3 rings (SSSR count). The lowest BCUT2D eigenvalue weighted by molar-refractivity contribution is 0.0905. The van der Waals surface area contributed by atoms with Crippen molar-refractivity contribution in [2.24, 2.45) is 0 Å². The van der Waals surface area contributed by atoms with Gasteiger partial charge in [0.25, 0.3) is 5.91 Å². The SMILES string of the molecule is COc1cc(C(=O)NCCN2CCC(Oc3ccc(Cl)c(Cl)c3)CC2)ccc1Cl. The third-order valence-electron chi connectivity index (χ3n) is 4.86. The Balaban J connectivity index is 1.39. The van der Waals surface area contributed by atoms with Crippen LogP contribution in [0.25, 0.3) is 0 Å². The van der Waals surface area contributed by atoms with Crippen molar-refractivity contribution < 1.29 is 14.3 Å². The second-order valence-electron chi connectivity index (χ2n) is 6.84. The van der Waals surface area contributed by atoms with Crippen LogP contribution in [0.5, 0.6) is 11.5 Å². The third-order valence-corrected chi connectivity index (χ3v) is 5.91. The number of nitrogens with zero attached hydrogens (tertiary/aromatic N) is 1. The fourth-order valence-electron chi connectivity index (χ4n) is 3.22. The Labute approximate surface area is 185 Å². The molecular formula is C21H23Cl3N2O3. The number of halogens is 3. The maximum absolute atomic E-state index is 12.3. The molecule has 0 aliphatic carbocycles. The Bertz CT molecular complexity index is 855. The van der Waals surface area contributed by atoms with Crippen molar-refractivity contribution in [3.63, 3.8) is 0 Å². The van der Waals surface area contributed by atoms with Crippen LogP contribution in [0.15, 0.2) is 36.4 Å². The van der Waals surface area contributed by atoms with Crippen LogP contribution in [0.4, 0.5) is 0 Å². The number of nitrogens with one attached hydrogen (secondary N) is 1. The second kappa shape index (κ2) is 10.4. The summed E-state index contributed by atoms with van der Waals surface area (Å²) in [6.07, 6.45) is 1.99.